The van der Waals surface area contributed by atoms with E-state index in [-0.39, 0.29) is 5.25 Å². The molecule has 0 saturated heterocycles. The molecule has 0 radical (unpaired) electrons. The van der Waals surface area contributed by atoms with E-state index < -0.39 is 10.0 Å². The molecule has 0 heterocycles. The van der Waals surface area contributed by atoms with Crippen molar-refractivity contribution in [3.63, 3.8) is 0 Å². The Morgan fingerprint density at radius 2 is 2.07 bits per heavy atom. The van der Waals surface area contributed by atoms with Crippen molar-refractivity contribution in [1.29, 1.82) is 0 Å². The Labute approximate surface area is 93.5 Å². The maximum atomic E-state index is 11.6. The van der Waals surface area contributed by atoms with Crippen LogP contribution in [0.1, 0.15) is 12.8 Å². The average molecular weight is 247 g/mol. The van der Waals surface area contributed by atoms with E-state index in [2.05, 4.69) is 4.72 Å². The van der Waals surface area contributed by atoms with Crippen molar-refractivity contribution in [2.75, 3.05) is 10.5 Å². The molecular formula is C9H11ClN2O2S. The number of nitrogen functional groups attached to an aromatic ring is 1. The number of hydrogen-bond donors (Lipinski definition) is 2. The number of sulfonamides is 1. The van der Waals surface area contributed by atoms with Gasteiger partial charge in [-0.1, -0.05) is 11.6 Å². The predicted octanol–water partition coefficient (Wildman–Crippen LogP) is 1.83. The number of nitrogens with two attached hydrogens (primary N) is 1. The van der Waals surface area contributed by atoms with Crippen LogP contribution in [0.25, 0.3) is 0 Å². The minimum absolute atomic E-state index is 0.258. The maximum Gasteiger partial charge on any atom is 0.235 e. The molecule has 1 aliphatic carbocycles. The number of rotatable bonds is 3. The summed E-state index contributed by atoms with van der Waals surface area (Å²) in [7, 11) is -3.25. The summed E-state index contributed by atoms with van der Waals surface area (Å²) in [5.41, 5.74) is 6.40. The molecule has 1 saturated carbocycles. The third kappa shape index (κ3) is 2.35. The molecule has 2 rings (SSSR count). The molecule has 1 aromatic rings. The minimum atomic E-state index is -3.25. The van der Waals surface area contributed by atoms with Gasteiger partial charge in [0.15, 0.2) is 0 Å². The second kappa shape index (κ2) is 3.57. The highest BCUT2D eigenvalue weighted by Gasteiger charge is 2.35. The molecule has 1 aromatic carbocycles. The largest absolute Gasteiger partial charge is 0.399 e. The van der Waals surface area contributed by atoms with Crippen molar-refractivity contribution >= 4 is 33.0 Å². The van der Waals surface area contributed by atoms with Crippen LogP contribution in [-0.2, 0) is 10.0 Å². The van der Waals surface area contributed by atoms with E-state index in [0.717, 1.165) is 12.8 Å². The number of benzene rings is 1. The van der Waals surface area contributed by atoms with Crippen molar-refractivity contribution in [3.8, 4) is 0 Å². The normalized spacial score (nSPS) is 16.3. The van der Waals surface area contributed by atoms with Gasteiger partial charge in [-0.05, 0) is 31.0 Å². The van der Waals surface area contributed by atoms with E-state index in [4.69, 9.17) is 17.3 Å². The van der Waals surface area contributed by atoms with Crippen molar-refractivity contribution in [1.82, 2.24) is 0 Å². The average Bonchev–Trinajstić information content (AvgIpc) is 2.92. The van der Waals surface area contributed by atoms with Crippen LogP contribution in [0, 0.1) is 0 Å². The molecule has 4 nitrogen and oxygen atoms in total. The zero-order valence-electron chi connectivity index (χ0n) is 7.90. The first-order valence-electron chi connectivity index (χ1n) is 4.56. The highest BCUT2D eigenvalue weighted by Crippen LogP contribution is 2.32. The zero-order chi connectivity index (χ0) is 11.1. The molecule has 3 N–H and O–H groups in total. The predicted molar refractivity (Wildman–Crippen MR) is 61.4 cm³/mol. The van der Waals surface area contributed by atoms with Gasteiger partial charge in [-0.3, -0.25) is 4.72 Å². The Balaban J connectivity index is 2.24. The van der Waals surface area contributed by atoms with Crippen LogP contribution in [0.2, 0.25) is 5.02 Å². The van der Waals surface area contributed by atoms with Gasteiger partial charge in [-0.2, -0.15) is 0 Å². The standard InChI is InChI=1S/C9H11ClN2O2S/c10-8-5-6(11)1-4-9(8)12-15(13,14)7-2-3-7/h1,4-5,7,12H,2-3,11H2. The molecule has 82 valence electrons. The lowest BCUT2D eigenvalue weighted by Gasteiger charge is -2.08. The topological polar surface area (TPSA) is 72.2 Å². The Hall–Kier alpha value is -0.940. The summed E-state index contributed by atoms with van der Waals surface area (Å²) < 4.78 is 25.7. The second-order valence-electron chi connectivity index (χ2n) is 3.59. The van der Waals surface area contributed by atoms with Crippen molar-refractivity contribution in [2.24, 2.45) is 0 Å². The van der Waals surface area contributed by atoms with Crippen LogP contribution in [0.3, 0.4) is 0 Å². The molecule has 1 fully saturated rings. The molecule has 0 aromatic heterocycles. The first kappa shape index (κ1) is 10.6. The van der Waals surface area contributed by atoms with E-state index in [9.17, 15) is 8.42 Å². The molecule has 0 atom stereocenters. The fraction of sp³-hybridized carbons (Fsp3) is 0.333. The maximum absolute atomic E-state index is 11.6. The first-order chi connectivity index (χ1) is 6.99. The SMILES string of the molecule is Nc1ccc(NS(=O)(=O)C2CC2)c(Cl)c1. The molecule has 0 bridgehead atoms. The van der Waals surface area contributed by atoms with E-state index in [1.165, 1.54) is 6.07 Å². The third-order valence-electron chi connectivity index (χ3n) is 2.21. The summed E-state index contributed by atoms with van der Waals surface area (Å²) in [6.45, 7) is 0. The van der Waals surface area contributed by atoms with Gasteiger partial charge in [0.1, 0.15) is 0 Å². The molecule has 0 spiro atoms. The van der Waals surface area contributed by atoms with E-state index in [0.29, 0.717) is 16.4 Å². The van der Waals surface area contributed by atoms with E-state index in [1.807, 2.05) is 0 Å². The van der Waals surface area contributed by atoms with E-state index in [1.54, 1.807) is 12.1 Å². The smallest absolute Gasteiger partial charge is 0.235 e. The van der Waals surface area contributed by atoms with Gasteiger partial charge < -0.3 is 5.73 Å². The lowest BCUT2D eigenvalue weighted by atomic mass is 10.3. The lowest BCUT2D eigenvalue weighted by molar-refractivity contribution is 0.600. The van der Waals surface area contributed by atoms with Gasteiger partial charge in [-0.15, -0.1) is 0 Å². The summed E-state index contributed by atoms with van der Waals surface area (Å²) in [5.74, 6) is 0. The Bertz CT molecular complexity index is 483. The summed E-state index contributed by atoms with van der Waals surface area (Å²) in [6, 6.07) is 4.69. The summed E-state index contributed by atoms with van der Waals surface area (Å²) in [5, 5.41) is 0.0605. The fourth-order valence-corrected chi connectivity index (χ4v) is 2.93. The zero-order valence-corrected chi connectivity index (χ0v) is 9.48. The Kier molecular flexibility index (Phi) is 2.52. The number of nitrogens with one attached hydrogen (secondary N) is 1. The van der Waals surface area contributed by atoms with E-state index >= 15 is 0 Å². The van der Waals surface area contributed by atoms with Crippen LogP contribution in [0.4, 0.5) is 11.4 Å². The van der Waals surface area contributed by atoms with Gasteiger partial charge in [-0.25, -0.2) is 8.42 Å². The molecular weight excluding hydrogens is 236 g/mol. The molecule has 0 unspecified atom stereocenters. The molecule has 6 heteroatoms. The van der Waals surface area contributed by atoms with Gasteiger partial charge in [0.2, 0.25) is 10.0 Å². The fourth-order valence-electron chi connectivity index (χ4n) is 1.23. The van der Waals surface area contributed by atoms with Crippen molar-refractivity contribution < 1.29 is 8.42 Å². The summed E-state index contributed by atoms with van der Waals surface area (Å²) >= 11 is 5.85. The van der Waals surface area contributed by atoms with Gasteiger partial charge in [0.05, 0.1) is 16.0 Å². The third-order valence-corrected chi connectivity index (χ3v) is 4.37. The highest BCUT2D eigenvalue weighted by atomic mass is 35.5. The highest BCUT2D eigenvalue weighted by molar-refractivity contribution is 7.93. The molecule has 15 heavy (non-hydrogen) atoms. The lowest BCUT2D eigenvalue weighted by Crippen LogP contribution is -2.17. The van der Waals surface area contributed by atoms with Gasteiger partial charge in [0, 0.05) is 5.69 Å². The molecule has 0 aliphatic heterocycles. The monoisotopic (exact) mass is 246 g/mol. The number of halogens is 1. The van der Waals surface area contributed by atoms with Gasteiger partial charge >= 0.3 is 0 Å². The number of anilines is 2. The summed E-state index contributed by atoms with van der Waals surface area (Å²) in [6.07, 6.45) is 1.45. The first-order valence-corrected chi connectivity index (χ1v) is 6.48. The van der Waals surface area contributed by atoms with Crippen LogP contribution in [0.5, 0.6) is 0 Å². The molecule has 0 amide bonds. The van der Waals surface area contributed by atoms with Crippen LogP contribution >= 0.6 is 11.6 Å². The minimum Gasteiger partial charge on any atom is -0.399 e. The van der Waals surface area contributed by atoms with Crippen LogP contribution in [0.15, 0.2) is 18.2 Å². The van der Waals surface area contributed by atoms with Crippen LogP contribution in [-0.4, -0.2) is 13.7 Å². The van der Waals surface area contributed by atoms with Crippen LogP contribution < -0.4 is 10.5 Å². The quantitative estimate of drug-likeness (QED) is 0.800. The second-order valence-corrected chi connectivity index (χ2v) is 5.95. The number of hydrogen-bond acceptors (Lipinski definition) is 3. The summed E-state index contributed by atoms with van der Waals surface area (Å²) in [4.78, 5) is 0. The van der Waals surface area contributed by atoms with Crippen molar-refractivity contribution in [2.45, 2.75) is 18.1 Å². The molecule has 1 aliphatic rings. The van der Waals surface area contributed by atoms with Crippen molar-refractivity contribution in [3.05, 3.63) is 23.2 Å². The van der Waals surface area contributed by atoms with Gasteiger partial charge in [0.25, 0.3) is 0 Å². The Morgan fingerprint density at radius 1 is 1.40 bits per heavy atom. The Morgan fingerprint density at radius 3 is 2.60 bits per heavy atom.